The number of hydrogen-bond donors (Lipinski definition) is 0. The van der Waals surface area contributed by atoms with E-state index in [-0.39, 0.29) is 11.6 Å². The van der Waals surface area contributed by atoms with Gasteiger partial charge in [-0.3, -0.25) is 4.79 Å². The Morgan fingerprint density at radius 3 is 2.15 bits per heavy atom. The summed E-state index contributed by atoms with van der Waals surface area (Å²) in [6.45, 7) is 1.86. The van der Waals surface area contributed by atoms with Crippen molar-refractivity contribution in [2.75, 3.05) is 7.05 Å². The molecular weight excluding hydrogens is 330 g/mol. The highest BCUT2D eigenvalue weighted by Crippen LogP contribution is 2.27. The second kappa shape index (κ2) is 6.19. The molecule has 26 heavy (non-hydrogen) atoms. The summed E-state index contributed by atoms with van der Waals surface area (Å²) in [6.07, 6.45) is 0. The van der Waals surface area contributed by atoms with Gasteiger partial charge in [-0.2, -0.15) is 0 Å². The molecule has 0 bridgehead atoms. The molecule has 5 nitrogen and oxygen atoms in total. The van der Waals surface area contributed by atoms with Crippen molar-refractivity contribution < 1.29 is 13.6 Å². The Hall–Kier alpha value is -3.34. The van der Waals surface area contributed by atoms with Crippen LogP contribution in [0.1, 0.15) is 29.1 Å². The summed E-state index contributed by atoms with van der Waals surface area (Å²) in [5, 5.41) is 1.68. The van der Waals surface area contributed by atoms with Crippen LogP contribution in [-0.2, 0) is 0 Å². The van der Waals surface area contributed by atoms with E-state index in [0.29, 0.717) is 16.7 Å². The number of nitrogens with zero attached hydrogens (tertiary/aromatic N) is 1. The van der Waals surface area contributed by atoms with Gasteiger partial charge in [0.2, 0.25) is 0 Å². The fraction of sp³-hybridized carbons (Fsp3) is 0.143. The predicted molar refractivity (Wildman–Crippen MR) is 99.2 cm³/mol. The maximum Gasteiger partial charge on any atom is 0.349 e. The maximum absolute atomic E-state index is 12.9. The van der Waals surface area contributed by atoms with Crippen molar-refractivity contribution in [2.45, 2.75) is 13.0 Å². The van der Waals surface area contributed by atoms with Gasteiger partial charge in [-0.1, -0.05) is 36.4 Å². The van der Waals surface area contributed by atoms with Gasteiger partial charge in [0, 0.05) is 17.8 Å². The molecule has 0 aliphatic rings. The van der Waals surface area contributed by atoms with Gasteiger partial charge >= 0.3 is 5.63 Å². The molecule has 0 saturated heterocycles. The zero-order valence-electron chi connectivity index (χ0n) is 14.4. The molecule has 5 heteroatoms. The first-order valence-corrected chi connectivity index (χ1v) is 8.33. The van der Waals surface area contributed by atoms with E-state index >= 15 is 0 Å². The number of furan rings is 1. The molecular formula is C21H17NO4. The van der Waals surface area contributed by atoms with Crippen molar-refractivity contribution in [3.63, 3.8) is 0 Å². The van der Waals surface area contributed by atoms with Crippen LogP contribution in [0.4, 0.5) is 0 Å². The molecule has 2 aromatic carbocycles. The van der Waals surface area contributed by atoms with Gasteiger partial charge in [-0.05, 0) is 31.2 Å². The monoisotopic (exact) mass is 347 g/mol. The largest absolute Gasteiger partial charge is 0.459 e. The molecule has 4 rings (SSSR count). The quantitative estimate of drug-likeness (QED) is 0.516. The molecule has 1 amide bonds. The predicted octanol–water partition coefficient (Wildman–Crippen LogP) is 4.37. The fourth-order valence-corrected chi connectivity index (χ4v) is 2.98. The first-order valence-electron chi connectivity index (χ1n) is 8.33. The summed E-state index contributed by atoms with van der Waals surface area (Å²) in [4.78, 5) is 26.6. The zero-order valence-corrected chi connectivity index (χ0v) is 14.4. The van der Waals surface area contributed by atoms with E-state index in [2.05, 4.69) is 0 Å². The van der Waals surface area contributed by atoms with Crippen molar-refractivity contribution in [1.82, 2.24) is 4.90 Å². The van der Waals surface area contributed by atoms with E-state index in [1.54, 1.807) is 31.3 Å². The van der Waals surface area contributed by atoms with Crippen molar-refractivity contribution >= 4 is 27.8 Å². The summed E-state index contributed by atoms with van der Waals surface area (Å²) in [6, 6.07) is 17.9. The molecule has 2 aromatic heterocycles. The number of hydrogen-bond acceptors (Lipinski definition) is 4. The molecule has 0 N–H and O–H groups in total. The standard InChI is InChI=1S/C21H17NO4/c1-13(19-12-15-8-4-5-9-17(15)25-19)22(2)20(23)16-11-14-7-3-6-10-18(14)26-21(16)24/h3-13H,1-2H3. The second-order valence-corrected chi connectivity index (χ2v) is 6.26. The number of carbonyl (C=O) groups is 1. The average Bonchev–Trinajstić information content (AvgIpc) is 3.10. The lowest BCUT2D eigenvalue weighted by atomic mass is 10.1. The summed E-state index contributed by atoms with van der Waals surface area (Å²) in [5.74, 6) is 0.254. The Balaban J connectivity index is 1.69. The lowest BCUT2D eigenvalue weighted by molar-refractivity contribution is 0.0723. The van der Waals surface area contributed by atoms with Gasteiger partial charge in [-0.15, -0.1) is 0 Å². The van der Waals surface area contributed by atoms with Crippen LogP contribution in [0.25, 0.3) is 21.9 Å². The van der Waals surface area contributed by atoms with Gasteiger partial charge in [-0.25, -0.2) is 4.79 Å². The van der Waals surface area contributed by atoms with Gasteiger partial charge < -0.3 is 13.7 Å². The smallest absolute Gasteiger partial charge is 0.349 e. The van der Waals surface area contributed by atoms with Crippen LogP contribution in [0.5, 0.6) is 0 Å². The van der Waals surface area contributed by atoms with Crippen LogP contribution in [0, 0.1) is 0 Å². The van der Waals surface area contributed by atoms with Crippen LogP contribution in [0.2, 0.25) is 0 Å². The molecule has 130 valence electrons. The first-order chi connectivity index (χ1) is 12.5. The van der Waals surface area contributed by atoms with Crippen molar-refractivity contribution in [3.05, 3.63) is 82.4 Å². The van der Waals surface area contributed by atoms with E-state index in [1.807, 2.05) is 43.3 Å². The molecule has 0 fully saturated rings. The third kappa shape index (κ3) is 2.67. The number of para-hydroxylation sites is 2. The number of carbonyl (C=O) groups excluding carboxylic acids is 1. The van der Waals surface area contributed by atoms with Crippen LogP contribution >= 0.6 is 0 Å². The first kappa shape index (κ1) is 16.1. The minimum Gasteiger partial charge on any atom is -0.459 e. The van der Waals surface area contributed by atoms with Gasteiger partial charge in [0.1, 0.15) is 22.5 Å². The maximum atomic E-state index is 12.9. The fourth-order valence-electron chi connectivity index (χ4n) is 2.98. The highest BCUT2D eigenvalue weighted by molar-refractivity contribution is 5.96. The normalized spacial score (nSPS) is 12.4. The third-order valence-electron chi connectivity index (χ3n) is 4.63. The van der Waals surface area contributed by atoms with E-state index in [9.17, 15) is 9.59 Å². The summed E-state index contributed by atoms with van der Waals surface area (Å²) in [5.41, 5.74) is 0.592. The Morgan fingerprint density at radius 2 is 1.50 bits per heavy atom. The minimum atomic E-state index is -0.641. The summed E-state index contributed by atoms with van der Waals surface area (Å²) >= 11 is 0. The Kier molecular flexibility index (Phi) is 3.84. The highest BCUT2D eigenvalue weighted by Gasteiger charge is 2.24. The second-order valence-electron chi connectivity index (χ2n) is 6.26. The lowest BCUT2D eigenvalue weighted by Crippen LogP contribution is -2.32. The van der Waals surface area contributed by atoms with Gasteiger partial charge in [0.15, 0.2) is 0 Å². The van der Waals surface area contributed by atoms with Crippen molar-refractivity contribution in [1.29, 1.82) is 0 Å². The zero-order chi connectivity index (χ0) is 18.3. The molecule has 0 saturated carbocycles. The van der Waals surface area contributed by atoms with Crippen molar-refractivity contribution in [3.8, 4) is 0 Å². The number of fused-ring (bicyclic) bond motifs is 2. The van der Waals surface area contributed by atoms with Crippen LogP contribution in [-0.4, -0.2) is 17.9 Å². The Morgan fingerprint density at radius 1 is 0.923 bits per heavy atom. The van der Waals surface area contributed by atoms with Crippen LogP contribution < -0.4 is 5.63 Å². The van der Waals surface area contributed by atoms with E-state index in [1.165, 1.54) is 4.90 Å². The molecule has 2 heterocycles. The lowest BCUT2D eigenvalue weighted by Gasteiger charge is -2.22. The van der Waals surface area contributed by atoms with Gasteiger partial charge in [0.05, 0.1) is 6.04 Å². The SMILES string of the molecule is CC(c1cc2ccccc2o1)N(C)C(=O)c1cc2ccccc2oc1=O. The molecule has 1 unspecified atom stereocenters. The van der Waals surface area contributed by atoms with E-state index in [4.69, 9.17) is 8.83 Å². The summed E-state index contributed by atoms with van der Waals surface area (Å²) in [7, 11) is 1.65. The van der Waals surface area contributed by atoms with Crippen LogP contribution in [0.15, 0.2) is 74.3 Å². The highest BCUT2D eigenvalue weighted by atomic mass is 16.4. The minimum absolute atomic E-state index is 0.00848. The third-order valence-corrected chi connectivity index (χ3v) is 4.63. The molecule has 0 spiro atoms. The van der Waals surface area contributed by atoms with Crippen LogP contribution in [0.3, 0.4) is 0 Å². The number of amides is 1. The topological polar surface area (TPSA) is 63.7 Å². The average molecular weight is 347 g/mol. The van der Waals surface area contributed by atoms with Crippen molar-refractivity contribution in [2.24, 2.45) is 0 Å². The van der Waals surface area contributed by atoms with E-state index < -0.39 is 11.5 Å². The Bertz CT molecular complexity index is 1140. The molecule has 0 aliphatic heterocycles. The number of benzene rings is 2. The molecule has 1 atom stereocenters. The van der Waals surface area contributed by atoms with E-state index in [0.717, 1.165) is 11.0 Å². The Labute approximate surface area is 149 Å². The summed E-state index contributed by atoms with van der Waals surface area (Å²) < 4.78 is 11.1. The molecule has 0 radical (unpaired) electrons. The molecule has 4 aromatic rings. The molecule has 0 aliphatic carbocycles. The number of rotatable bonds is 3. The van der Waals surface area contributed by atoms with Gasteiger partial charge in [0.25, 0.3) is 5.91 Å².